The van der Waals surface area contributed by atoms with E-state index in [1.54, 1.807) is 25.3 Å². The maximum atomic E-state index is 11.7. The molecule has 1 unspecified atom stereocenters. The van der Waals surface area contributed by atoms with E-state index in [4.69, 9.17) is 19.9 Å². The van der Waals surface area contributed by atoms with Crippen LogP contribution in [0.15, 0.2) is 18.2 Å². The Labute approximate surface area is 118 Å². The average Bonchev–Trinajstić information content (AvgIpc) is 2.38. The van der Waals surface area contributed by atoms with Crippen molar-refractivity contribution in [1.82, 2.24) is 0 Å². The maximum Gasteiger partial charge on any atom is 0.243 e. The third-order valence-electron chi connectivity index (χ3n) is 2.33. The van der Waals surface area contributed by atoms with Gasteiger partial charge in [-0.05, 0) is 12.1 Å². The number of ether oxygens (including phenoxy) is 3. The van der Waals surface area contributed by atoms with Crippen molar-refractivity contribution in [3.05, 3.63) is 18.2 Å². The van der Waals surface area contributed by atoms with Gasteiger partial charge in [0.1, 0.15) is 6.04 Å². The minimum absolute atomic E-state index is 0. The Hall–Kier alpha value is -1.50. The first-order valence-corrected chi connectivity index (χ1v) is 5.39. The van der Waals surface area contributed by atoms with Crippen LogP contribution < -0.4 is 20.5 Å². The molecule has 7 heteroatoms. The molecule has 0 saturated heterocycles. The number of carbonyl (C=O) groups is 1. The maximum absolute atomic E-state index is 11.7. The van der Waals surface area contributed by atoms with Gasteiger partial charge in [0.25, 0.3) is 0 Å². The van der Waals surface area contributed by atoms with Crippen LogP contribution in [-0.2, 0) is 9.53 Å². The second kappa shape index (κ2) is 8.58. The van der Waals surface area contributed by atoms with Gasteiger partial charge in [-0.1, -0.05) is 0 Å². The molecule has 0 heterocycles. The summed E-state index contributed by atoms with van der Waals surface area (Å²) in [6.45, 7) is 0.166. The molecule has 108 valence electrons. The Morgan fingerprint density at radius 1 is 1.26 bits per heavy atom. The summed E-state index contributed by atoms with van der Waals surface area (Å²) >= 11 is 0. The molecule has 0 saturated carbocycles. The third kappa shape index (κ3) is 4.94. The zero-order valence-electron chi connectivity index (χ0n) is 11.1. The van der Waals surface area contributed by atoms with E-state index in [0.717, 1.165) is 0 Å². The highest BCUT2D eigenvalue weighted by Crippen LogP contribution is 2.29. The molecule has 1 aromatic rings. The number of nitrogens with two attached hydrogens (primary N) is 1. The molecule has 6 nitrogen and oxygen atoms in total. The summed E-state index contributed by atoms with van der Waals surface area (Å²) in [5.74, 6) is 0.816. The molecule has 1 rings (SSSR count). The molecule has 0 radical (unpaired) electrons. The van der Waals surface area contributed by atoms with Gasteiger partial charge in [-0.2, -0.15) is 0 Å². The molecule has 19 heavy (non-hydrogen) atoms. The van der Waals surface area contributed by atoms with Gasteiger partial charge < -0.3 is 25.3 Å². The van der Waals surface area contributed by atoms with Crippen LogP contribution in [0.2, 0.25) is 0 Å². The second-order valence-electron chi connectivity index (χ2n) is 3.62. The normalized spacial score (nSPS) is 11.2. The molecule has 0 aliphatic rings. The first-order valence-electron chi connectivity index (χ1n) is 5.39. The van der Waals surface area contributed by atoms with E-state index in [9.17, 15) is 4.79 Å². The van der Waals surface area contributed by atoms with E-state index in [-0.39, 0.29) is 24.9 Å². The van der Waals surface area contributed by atoms with Crippen LogP contribution in [0.25, 0.3) is 0 Å². The number of amides is 1. The summed E-state index contributed by atoms with van der Waals surface area (Å²) in [7, 11) is 4.56. The Morgan fingerprint density at radius 2 is 1.89 bits per heavy atom. The van der Waals surface area contributed by atoms with Crippen molar-refractivity contribution < 1.29 is 19.0 Å². The zero-order chi connectivity index (χ0) is 13.5. The highest BCUT2D eigenvalue weighted by molar-refractivity contribution is 5.95. The number of anilines is 1. The predicted octanol–water partition coefficient (Wildman–Crippen LogP) is 1.04. The summed E-state index contributed by atoms with van der Waals surface area (Å²) in [5.41, 5.74) is 6.20. The monoisotopic (exact) mass is 290 g/mol. The molecule has 3 N–H and O–H groups in total. The minimum atomic E-state index is -0.705. The van der Waals surface area contributed by atoms with E-state index in [1.807, 2.05) is 0 Å². The number of hydrogen-bond donors (Lipinski definition) is 2. The standard InChI is InChI=1S/C12H18N2O4.ClH/c1-16-7-9(13)12(15)14-8-4-5-10(17-2)11(6-8)18-3;/h4-6,9H,7,13H2,1-3H3,(H,14,15);1H. The van der Waals surface area contributed by atoms with Gasteiger partial charge in [0.2, 0.25) is 5.91 Å². The molecular weight excluding hydrogens is 272 g/mol. The topological polar surface area (TPSA) is 82.8 Å². The fraction of sp³-hybridized carbons (Fsp3) is 0.417. The fourth-order valence-electron chi connectivity index (χ4n) is 1.40. The largest absolute Gasteiger partial charge is 0.493 e. The Bertz CT molecular complexity index is 415. The van der Waals surface area contributed by atoms with E-state index in [1.165, 1.54) is 14.2 Å². The summed E-state index contributed by atoms with van der Waals surface area (Å²) in [4.78, 5) is 11.7. The van der Waals surface area contributed by atoms with E-state index < -0.39 is 6.04 Å². The first kappa shape index (κ1) is 17.5. The summed E-state index contributed by atoms with van der Waals surface area (Å²) in [5, 5.41) is 2.67. The van der Waals surface area contributed by atoms with Gasteiger partial charge >= 0.3 is 0 Å². The smallest absolute Gasteiger partial charge is 0.243 e. The molecule has 0 spiro atoms. The quantitative estimate of drug-likeness (QED) is 0.818. The van der Waals surface area contributed by atoms with Gasteiger partial charge in [0, 0.05) is 18.9 Å². The van der Waals surface area contributed by atoms with Crippen LogP contribution in [0.3, 0.4) is 0 Å². The SMILES string of the molecule is COCC(N)C(=O)Nc1ccc(OC)c(OC)c1.Cl. The van der Waals surface area contributed by atoms with Crippen molar-refractivity contribution in [2.45, 2.75) is 6.04 Å². The van der Waals surface area contributed by atoms with E-state index in [0.29, 0.717) is 17.2 Å². The van der Waals surface area contributed by atoms with Crippen LogP contribution in [0.5, 0.6) is 11.5 Å². The Kier molecular flexibility index (Phi) is 7.90. The number of rotatable bonds is 6. The van der Waals surface area contributed by atoms with Crippen LogP contribution in [0.1, 0.15) is 0 Å². The van der Waals surface area contributed by atoms with Gasteiger partial charge in [-0.15, -0.1) is 12.4 Å². The highest BCUT2D eigenvalue weighted by atomic mass is 35.5. The van der Waals surface area contributed by atoms with Crippen LogP contribution in [0.4, 0.5) is 5.69 Å². The average molecular weight is 291 g/mol. The molecule has 0 aromatic heterocycles. The van der Waals surface area contributed by atoms with Crippen LogP contribution in [0, 0.1) is 0 Å². The van der Waals surface area contributed by atoms with Gasteiger partial charge in [-0.3, -0.25) is 4.79 Å². The molecule has 1 atom stereocenters. The van der Waals surface area contributed by atoms with Crippen molar-refractivity contribution in [2.75, 3.05) is 33.3 Å². The molecule has 1 amide bonds. The van der Waals surface area contributed by atoms with Crippen molar-refractivity contribution in [1.29, 1.82) is 0 Å². The fourth-order valence-corrected chi connectivity index (χ4v) is 1.40. The molecule has 1 aromatic carbocycles. The van der Waals surface area contributed by atoms with Crippen molar-refractivity contribution in [2.24, 2.45) is 5.73 Å². The number of benzene rings is 1. The number of methoxy groups -OCH3 is 3. The van der Waals surface area contributed by atoms with Crippen molar-refractivity contribution in [3.63, 3.8) is 0 Å². The minimum Gasteiger partial charge on any atom is -0.493 e. The van der Waals surface area contributed by atoms with E-state index >= 15 is 0 Å². The van der Waals surface area contributed by atoms with Crippen LogP contribution in [-0.4, -0.2) is 39.9 Å². The van der Waals surface area contributed by atoms with Crippen LogP contribution >= 0.6 is 12.4 Å². The van der Waals surface area contributed by atoms with Crippen molar-refractivity contribution in [3.8, 4) is 11.5 Å². The lowest BCUT2D eigenvalue weighted by molar-refractivity contribution is -0.118. The summed E-state index contributed by atoms with van der Waals surface area (Å²) in [6.07, 6.45) is 0. The van der Waals surface area contributed by atoms with Gasteiger partial charge in [0.15, 0.2) is 11.5 Å². The molecule has 0 bridgehead atoms. The molecule has 0 aliphatic heterocycles. The Morgan fingerprint density at radius 3 is 2.42 bits per heavy atom. The highest BCUT2D eigenvalue weighted by Gasteiger charge is 2.14. The number of carbonyl (C=O) groups excluding carboxylic acids is 1. The van der Waals surface area contributed by atoms with E-state index in [2.05, 4.69) is 5.32 Å². The summed E-state index contributed by atoms with van der Waals surface area (Å²) < 4.78 is 15.0. The predicted molar refractivity (Wildman–Crippen MR) is 75.3 cm³/mol. The lowest BCUT2D eigenvalue weighted by atomic mass is 10.2. The number of hydrogen-bond acceptors (Lipinski definition) is 5. The van der Waals surface area contributed by atoms with Gasteiger partial charge in [-0.25, -0.2) is 0 Å². The zero-order valence-corrected chi connectivity index (χ0v) is 12.0. The number of nitrogens with one attached hydrogen (secondary N) is 1. The lowest BCUT2D eigenvalue weighted by Crippen LogP contribution is -2.39. The Balaban J connectivity index is 0.00000324. The molecular formula is C12H19ClN2O4. The number of halogens is 1. The molecule has 0 aliphatic carbocycles. The van der Waals surface area contributed by atoms with Gasteiger partial charge in [0.05, 0.1) is 20.8 Å². The summed E-state index contributed by atoms with van der Waals surface area (Å²) in [6, 6.07) is 4.37. The third-order valence-corrected chi connectivity index (χ3v) is 2.33. The first-order chi connectivity index (χ1) is 8.62. The second-order valence-corrected chi connectivity index (χ2v) is 3.62. The van der Waals surface area contributed by atoms with Crippen molar-refractivity contribution >= 4 is 24.0 Å². The lowest BCUT2D eigenvalue weighted by Gasteiger charge is -2.13. The molecule has 0 fully saturated rings.